The van der Waals surface area contributed by atoms with E-state index in [1.165, 1.54) is 0 Å². The molecule has 0 aromatic carbocycles. The van der Waals surface area contributed by atoms with Crippen molar-refractivity contribution in [1.82, 2.24) is 5.32 Å². The van der Waals surface area contributed by atoms with Gasteiger partial charge in [0.2, 0.25) is 0 Å². The molecule has 1 aliphatic heterocycles. The van der Waals surface area contributed by atoms with Crippen LogP contribution in [0.5, 0.6) is 0 Å². The lowest BCUT2D eigenvalue weighted by atomic mass is 9.86. The maximum Gasteiger partial charge on any atom is 0.262 e. The van der Waals surface area contributed by atoms with E-state index in [0.717, 1.165) is 0 Å². The van der Waals surface area contributed by atoms with Gasteiger partial charge in [-0.05, 0) is 12.8 Å². The highest BCUT2D eigenvalue weighted by atomic mass is 19.3. The molecule has 0 radical (unpaired) electrons. The van der Waals surface area contributed by atoms with Gasteiger partial charge in [-0.25, -0.2) is 8.78 Å². The van der Waals surface area contributed by atoms with Crippen LogP contribution in [0, 0.1) is 5.92 Å². The van der Waals surface area contributed by atoms with Crippen LogP contribution in [0.1, 0.15) is 27.2 Å². The summed E-state index contributed by atoms with van der Waals surface area (Å²) >= 11 is 0. The Morgan fingerprint density at radius 2 is 1.91 bits per heavy atom. The van der Waals surface area contributed by atoms with Crippen molar-refractivity contribution < 1.29 is 8.78 Å². The first-order valence-electron chi connectivity index (χ1n) is 3.99. The Bertz CT molecular complexity index is 156. The van der Waals surface area contributed by atoms with E-state index in [1.54, 1.807) is 0 Å². The van der Waals surface area contributed by atoms with E-state index < -0.39 is 5.92 Å². The third-order valence-corrected chi connectivity index (χ3v) is 2.65. The highest BCUT2D eigenvalue weighted by molar-refractivity contribution is 4.99. The zero-order chi connectivity index (χ0) is 8.70. The van der Waals surface area contributed by atoms with E-state index in [9.17, 15) is 8.78 Å². The van der Waals surface area contributed by atoms with Gasteiger partial charge in [0.1, 0.15) is 0 Å². The van der Waals surface area contributed by atoms with Gasteiger partial charge in [-0.3, -0.25) is 0 Å². The molecule has 0 amide bonds. The molecule has 0 bridgehead atoms. The monoisotopic (exact) mass is 163 g/mol. The Kier molecular flexibility index (Phi) is 1.95. The maximum atomic E-state index is 12.7. The zero-order valence-corrected chi connectivity index (χ0v) is 7.25. The number of halogens is 2. The van der Waals surface area contributed by atoms with E-state index in [0.29, 0.717) is 0 Å². The van der Waals surface area contributed by atoms with Crippen molar-refractivity contribution in [2.75, 3.05) is 6.54 Å². The number of nitrogens with one attached hydrogen (secondary N) is 1. The molecule has 3 heteroatoms. The minimum absolute atomic E-state index is 0.0301. The van der Waals surface area contributed by atoms with Crippen molar-refractivity contribution >= 4 is 0 Å². The van der Waals surface area contributed by atoms with Crippen molar-refractivity contribution in [3.8, 4) is 0 Å². The largest absolute Gasteiger partial charge is 0.305 e. The normalized spacial score (nSPS) is 36.5. The SMILES string of the molecule is CC(C)C1(C)CC(F)(F)CN1. The number of rotatable bonds is 1. The molecule has 1 saturated heterocycles. The molecule has 1 heterocycles. The molecule has 0 spiro atoms. The molecule has 0 saturated carbocycles. The molecule has 1 aliphatic rings. The van der Waals surface area contributed by atoms with Crippen molar-refractivity contribution in [2.45, 2.75) is 38.7 Å². The fourth-order valence-corrected chi connectivity index (χ4v) is 1.40. The maximum absolute atomic E-state index is 12.7. The third-order valence-electron chi connectivity index (χ3n) is 2.65. The van der Waals surface area contributed by atoms with Gasteiger partial charge in [0.15, 0.2) is 0 Å². The van der Waals surface area contributed by atoms with Crippen LogP contribution in [0.2, 0.25) is 0 Å². The summed E-state index contributed by atoms with van der Waals surface area (Å²) < 4.78 is 25.5. The summed E-state index contributed by atoms with van der Waals surface area (Å²) in [5, 5.41) is 2.87. The molecular weight excluding hydrogens is 148 g/mol. The first-order chi connectivity index (χ1) is 4.86. The summed E-state index contributed by atoms with van der Waals surface area (Å²) in [6.45, 7) is 5.63. The topological polar surface area (TPSA) is 12.0 Å². The Morgan fingerprint density at radius 3 is 2.09 bits per heavy atom. The Hall–Kier alpha value is -0.180. The second-order valence-electron chi connectivity index (χ2n) is 3.96. The molecule has 1 atom stereocenters. The van der Waals surface area contributed by atoms with Crippen LogP contribution < -0.4 is 5.32 Å². The van der Waals surface area contributed by atoms with Gasteiger partial charge in [0, 0.05) is 12.0 Å². The second-order valence-corrected chi connectivity index (χ2v) is 3.96. The predicted octanol–water partition coefficient (Wildman–Crippen LogP) is 2.03. The van der Waals surface area contributed by atoms with E-state index in [2.05, 4.69) is 5.32 Å². The highest BCUT2D eigenvalue weighted by Gasteiger charge is 2.47. The smallest absolute Gasteiger partial charge is 0.262 e. The lowest BCUT2D eigenvalue weighted by molar-refractivity contribution is 0.0138. The van der Waals surface area contributed by atoms with Crippen LogP contribution in [0.3, 0.4) is 0 Å². The van der Waals surface area contributed by atoms with Crippen molar-refractivity contribution in [3.05, 3.63) is 0 Å². The summed E-state index contributed by atoms with van der Waals surface area (Å²) in [5.74, 6) is -2.24. The van der Waals surface area contributed by atoms with Crippen molar-refractivity contribution in [1.29, 1.82) is 0 Å². The van der Waals surface area contributed by atoms with Crippen LogP contribution >= 0.6 is 0 Å². The van der Waals surface area contributed by atoms with E-state index >= 15 is 0 Å². The molecule has 1 fully saturated rings. The van der Waals surface area contributed by atoms with Crippen molar-refractivity contribution in [2.24, 2.45) is 5.92 Å². The molecular formula is C8H15F2N. The Balaban J connectivity index is 2.65. The molecule has 1 unspecified atom stereocenters. The summed E-state index contributed by atoms with van der Waals surface area (Å²) in [4.78, 5) is 0. The standard InChI is InChI=1S/C8H15F2N/c1-6(2)7(3)4-8(9,10)5-11-7/h6,11H,4-5H2,1-3H3. The average Bonchev–Trinajstić information content (AvgIpc) is 2.08. The minimum atomic E-state index is -2.50. The molecule has 66 valence electrons. The summed E-state index contributed by atoms with van der Waals surface area (Å²) in [6, 6.07) is 0. The quantitative estimate of drug-likeness (QED) is 0.623. The summed E-state index contributed by atoms with van der Waals surface area (Å²) in [6.07, 6.45) is -0.0301. The van der Waals surface area contributed by atoms with Crippen LogP contribution in [-0.4, -0.2) is 18.0 Å². The van der Waals surface area contributed by atoms with Gasteiger partial charge < -0.3 is 5.32 Å². The van der Waals surface area contributed by atoms with Gasteiger partial charge in [0.25, 0.3) is 5.92 Å². The van der Waals surface area contributed by atoms with Gasteiger partial charge in [-0.1, -0.05) is 13.8 Å². The number of alkyl halides is 2. The molecule has 1 rings (SSSR count). The number of hydrogen-bond acceptors (Lipinski definition) is 1. The minimum Gasteiger partial charge on any atom is -0.305 e. The van der Waals surface area contributed by atoms with Crippen molar-refractivity contribution in [3.63, 3.8) is 0 Å². The van der Waals surface area contributed by atoms with E-state index in [-0.39, 0.29) is 24.4 Å². The van der Waals surface area contributed by atoms with Crippen LogP contribution in [-0.2, 0) is 0 Å². The Morgan fingerprint density at radius 1 is 1.36 bits per heavy atom. The predicted molar refractivity (Wildman–Crippen MR) is 40.8 cm³/mol. The van der Waals surface area contributed by atoms with Crippen LogP contribution in [0.25, 0.3) is 0 Å². The molecule has 1 nitrogen and oxygen atoms in total. The number of hydrogen-bond donors (Lipinski definition) is 1. The first kappa shape index (κ1) is 8.91. The first-order valence-corrected chi connectivity index (χ1v) is 3.99. The molecule has 0 aromatic rings. The second kappa shape index (κ2) is 2.41. The Labute approximate surface area is 66.2 Å². The molecule has 11 heavy (non-hydrogen) atoms. The third kappa shape index (κ3) is 1.70. The lowest BCUT2D eigenvalue weighted by Crippen LogP contribution is -2.41. The molecule has 0 aromatic heterocycles. The van der Waals surface area contributed by atoms with E-state index in [4.69, 9.17) is 0 Å². The van der Waals surface area contributed by atoms with Gasteiger partial charge in [-0.2, -0.15) is 0 Å². The summed E-state index contributed by atoms with van der Waals surface area (Å²) in [5.41, 5.74) is -0.372. The highest BCUT2D eigenvalue weighted by Crippen LogP contribution is 2.36. The average molecular weight is 163 g/mol. The fraction of sp³-hybridized carbons (Fsp3) is 1.00. The van der Waals surface area contributed by atoms with Gasteiger partial charge >= 0.3 is 0 Å². The van der Waals surface area contributed by atoms with Crippen LogP contribution in [0.4, 0.5) is 8.78 Å². The van der Waals surface area contributed by atoms with Gasteiger partial charge in [-0.15, -0.1) is 0 Å². The van der Waals surface area contributed by atoms with E-state index in [1.807, 2.05) is 20.8 Å². The molecule has 1 N–H and O–H groups in total. The summed E-state index contributed by atoms with van der Waals surface area (Å²) in [7, 11) is 0. The zero-order valence-electron chi connectivity index (χ0n) is 7.25. The van der Waals surface area contributed by atoms with Gasteiger partial charge in [0.05, 0.1) is 6.54 Å². The van der Waals surface area contributed by atoms with Crippen LogP contribution in [0.15, 0.2) is 0 Å². The fourth-order valence-electron chi connectivity index (χ4n) is 1.40. The molecule has 0 aliphatic carbocycles. The lowest BCUT2D eigenvalue weighted by Gasteiger charge is -2.28.